The van der Waals surface area contributed by atoms with Crippen LogP contribution in [0.4, 0.5) is 13.6 Å². The Morgan fingerprint density at radius 3 is 2.33 bits per heavy atom. The highest BCUT2D eigenvalue weighted by Gasteiger charge is 2.28. The maximum atomic E-state index is 13.7. The van der Waals surface area contributed by atoms with Gasteiger partial charge in [-0.25, -0.2) is 13.6 Å². The second-order valence-corrected chi connectivity index (χ2v) is 10.4. The fourth-order valence-electron chi connectivity index (χ4n) is 4.04. The zero-order chi connectivity index (χ0) is 30.3. The molecule has 1 aromatic rings. The van der Waals surface area contributed by atoms with E-state index in [0.29, 0.717) is 43.0 Å². The number of hydrogen-bond donors (Lipinski definition) is 0. The van der Waals surface area contributed by atoms with Crippen LogP contribution in [-0.2, 0) is 11.2 Å². The van der Waals surface area contributed by atoms with Crippen LogP contribution in [0.1, 0.15) is 79.5 Å². The molecular formula is C31H45F2N5O2. The van der Waals surface area contributed by atoms with Crippen LogP contribution >= 0.6 is 0 Å². The van der Waals surface area contributed by atoms with E-state index in [1.165, 1.54) is 6.08 Å². The smallest absolute Gasteiger partial charge is 0.410 e. The highest BCUT2D eigenvalue weighted by Crippen LogP contribution is 2.26. The molecule has 0 N–H and O–H groups in total. The summed E-state index contributed by atoms with van der Waals surface area (Å²) in [5.74, 6) is 0. The SMILES string of the molecule is CCCc1cc(C#N)ccn1.C\C=C(C(/C(C)=N/C=C/CC)=C(/C)N1CCN(C(=O)OC(C)(C)C)CC1)\C(F)F. The Bertz CT molecular complexity index is 1120. The molecule has 0 radical (unpaired) electrons. The predicted octanol–water partition coefficient (Wildman–Crippen LogP) is 7.31. The molecule has 0 atom stereocenters. The molecule has 40 heavy (non-hydrogen) atoms. The van der Waals surface area contributed by atoms with Gasteiger partial charge in [0.2, 0.25) is 0 Å². The summed E-state index contributed by atoms with van der Waals surface area (Å²) in [4.78, 5) is 24.4. The Morgan fingerprint density at radius 2 is 1.82 bits per heavy atom. The zero-order valence-corrected chi connectivity index (χ0v) is 25.3. The molecular weight excluding hydrogens is 512 g/mol. The highest BCUT2D eigenvalue weighted by molar-refractivity contribution is 6.03. The van der Waals surface area contributed by atoms with E-state index in [2.05, 4.69) is 23.0 Å². The Hall–Kier alpha value is -3.54. The minimum Gasteiger partial charge on any atom is -0.444 e. The van der Waals surface area contributed by atoms with Crippen LogP contribution in [0.25, 0.3) is 0 Å². The Labute approximate surface area is 238 Å². The van der Waals surface area contributed by atoms with Crippen LogP contribution in [0.15, 0.2) is 58.5 Å². The number of hydrogen-bond acceptors (Lipinski definition) is 6. The van der Waals surface area contributed by atoms with Gasteiger partial charge in [0.25, 0.3) is 6.43 Å². The fourth-order valence-corrected chi connectivity index (χ4v) is 4.04. The second kappa shape index (κ2) is 17.2. The van der Waals surface area contributed by atoms with E-state index in [1.54, 1.807) is 37.2 Å². The number of nitrogens with zero attached hydrogens (tertiary/aromatic N) is 5. The molecule has 2 heterocycles. The van der Waals surface area contributed by atoms with Crippen molar-refractivity contribution in [2.24, 2.45) is 4.99 Å². The number of amides is 1. The number of aromatic nitrogens is 1. The van der Waals surface area contributed by atoms with Crippen molar-refractivity contribution in [3.63, 3.8) is 0 Å². The largest absolute Gasteiger partial charge is 0.444 e. The summed E-state index contributed by atoms with van der Waals surface area (Å²) in [5, 5.41) is 8.55. The number of carbonyl (C=O) groups excluding carboxylic acids is 1. The van der Waals surface area contributed by atoms with E-state index >= 15 is 0 Å². The number of aliphatic imine (C=N–C) groups is 1. The monoisotopic (exact) mass is 557 g/mol. The first-order valence-corrected chi connectivity index (χ1v) is 13.8. The number of pyridine rings is 1. The van der Waals surface area contributed by atoms with E-state index in [-0.39, 0.29) is 11.7 Å². The average molecular weight is 558 g/mol. The first-order valence-electron chi connectivity index (χ1n) is 13.8. The normalized spacial score (nSPS) is 15.4. The standard InChI is InChI=1S/C22H35F2N3O2.C9H10N2/c1-8-10-11-25-16(3)19(18(9-2)20(23)24)17(4)26-12-14-27(15-13-26)21(28)29-22(5,6)7;1-2-3-9-6-8(7-10)4-5-11-9/h9-11,20H,8,12-15H2,1-7H3;4-6H,2-3H2,1H3/b11-10+,18-9+,19-17-,25-16+;. The van der Waals surface area contributed by atoms with Crippen LogP contribution in [0.5, 0.6) is 0 Å². The van der Waals surface area contributed by atoms with Crippen LogP contribution in [0.2, 0.25) is 0 Å². The molecule has 1 amide bonds. The molecule has 7 nitrogen and oxygen atoms in total. The third kappa shape index (κ3) is 11.7. The van der Waals surface area contributed by atoms with E-state index in [0.717, 1.165) is 30.7 Å². The maximum absolute atomic E-state index is 13.7. The Kier molecular flexibility index (Phi) is 14.8. The number of carbonyl (C=O) groups is 1. The molecule has 2 rings (SSSR count). The zero-order valence-electron chi connectivity index (χ0n) is 25.3. The minimum atomic E-state index is -2.59. The van der Waals surface area contributed by atoms with E-state index in [9.17, 15) is 13.6 Å². The molecule has 0 aliphatic carbocycles. The van der Waals surface area contributed by atoms with Gasteiger partial charge in [0.1, 0.15) is 5.60 Å². The van der Waals surface area contributed by atoms with Gasteiger partial charge in [-0.15, -0.1) is 0 Å². The molecule has 0 unspecified atom stereocenters. The van der Waals surface area contributed by atoms with Crippen molar-refractivity contribution in [1.29, 1.82) is 5.26 Å². The summed E-state index contributed by atoms with van der Waals surface area (Å²) in [7, 11) is 0. The Morgan fingerprint density at radius 1 is 1.20 bits per heavy atom. The van der Waals surface area contributed by atoms with Crippen LogP contribution in [-0.4, -0.2) is 64.8 Å². The number of piperazine rings is 1. The van der Waals surface area contributed by atoms with Crippen LogP contribution in [0, 0.1) is 11.3 Å². The quantitative estimate of drug-likeness (QED) is 0.247. The van der Waals surface area contributed by atoms with Gasteiger partial charge in [-0.2, -0.15) is 5.26 Å². The molecule has 0 aromatic carbocycles. The number of alkyl halides is 2. The van der Waals surface area contributed by atoms with Gasteiger partial charge in [-0.05, 0) is 66.5 Å². The molecule has 0 saturated carbocycles. The van der Waals surface area contributed by atoms with Crippen molar-refractivity contribution < 1.29 is 18.3 Å². The van der Waals surface area contributed by atoms with Gasteiger partial charge < -0.3 is 14.5 Å². The lowest BCUT2D eigenvalue weighted by molar-refractivity contribution is 0.0168. The first-order chi connectivity index (χ1) is 18.9. The molecule has 0 bridgehead atoms. The molecule has 220 valence electrons. The van der Waals surface area contributed by atoms with Crippen molar-refractivity contribution in [2.45, 2.75) is 86.7 Å². The Balaban J connectivity index is 0.000000603. The van der Waals surface area contributed by atoms with Gasteiger partial charge in [0.15, 0.2) is 0 Å². The molecule has 0 spiro atoms. The van der Waals surface area contributed by atoms with Crippen molar-refractivity contribution >= 4 is 11.8 Å². The molecule has 1 fully saturated rings. The third-order valence-corrected chi connectivity index (χ3v) is 6.03. The number of nitriles is 1. The van der Waals surface area contributed by atoms with Gasteiger partial charge in [0.05, 0.1) is 11.6 Å². The summed E-state index contributed by atoms with van der Waals surface area (Å²) < 4.78 is 32.8. The number of halogens is 2. The lowest BCUT2D eigenvalue weighted by Gasteiger charge is -2.38. The third-order valence-electron chi connectivity index (χ3n) is 6.03. The fraction of sp³-hybridized carbons (Fsp3) is 0.548. The number of allylic oxidation sites excluding steroid dienone is 5. The topological polar surface area (TPSA) is 81.8 Å². The number of aryl methyl sites for hydroxylation is 1. The number of ether oxygens (including phenoxy) is 1. The maximum Gasteiger partial charge on any atom is 0.410 e. The predicted molar refractivity (Wildman–Crippen MR) is 157 cm³/mol. The van der Waals surface area contributed by atoms with E-state index in [1.807, 2.05) is 51.7 Å². The van der Waals surface area contributed by atoms with Gasteiger partial charge in [0, 0.05) is 66.8 Å². The van der Waals surface area contributed by atoms with Crippen molar-refractivity contribution in [3.8, 4) is 6.07 Å². The molecule has 1 aliphatic rings. The van der Waals surface area contributed by atoms with Gasteiger partial charge in [-0.3, -0.25) is 9.98 Å². The van der Waals surface area contributed by atoms with Crippen molar-refractivity contribution in [1.82, 2.24) is 14.8 Å². The lowest BCUT2D eigenvalue weighted by atomic mass is 9.98. The first kappa shape index (κ1) is 34.5. The second-order valence-electron chi connectivity index (χ2n) is 10.4. The molecule has 1 aliphatic heterocycles. The van der Waals surface area contributed by atoms with E-state index in [4.69, 9.17) is 10.00 Å². The molecule has 9 heteroatoms. The minimum absolute atomic E-state index is 0.0248. The van der Waals surface area contributed by atoms with Gasteiger partial charge in [-0.1, -0.05) is 32.4 Å². The summed E-state index contributed by atoms with van der Waals surface area (Å²) in [6.07, 6.45) is 6.59. The number of rotatable bonds is 8. The summed E-state index contributed by atoms with van der Waals surface area (Å²) in [5.41, 5.74) is 2.89. The lowest BCUT2D eigenvalue weighted by Crippen LogP contribution is -2.49. The van der Waals surface area contributed by atoms with Gasteiger partial charge >= 0.3 is 6.09 Å². The van der Waals surface area contributed by atoms with Crippen molar-refractivity contribution in [3.05, 3.63) is 64.8 Å². The van der Waals surface area contributed by atoms with Crippen LogP contribution in [0.3, 0.4) is 0 Å². The molecule has 1 saturated heterocycles. The molecule has 1 aromatic heterocycles. The summed E-state index contributed by atoms with van der Waals surface area (Å²) in [6.45, 7) is 16.8. The average Bonchev–Trinajstić information content (AvgIpc) is 2.91. The summed E-state index contributed by atoms with van der Waals surface area (Å²) >= 11 is 0. The van der Waals surface area contributed by atoms with E-state index < -0.39 is 12.0 Å². The summed E-state index contributed by atoms with van der Waals surface area (Å²) in [6, 6.07) is 5.64. The van der Waals surface area contributed by atoms with Crippen molar-refractivity contribution in [2.75, 3.05) is 26.2 Å². The highest BCUT2D eigenvalue weighted by atomic mass is 19.3. The van der Waals surface area contributed by atoms with Crippen LogP contribution < -0.4 is 0 Å².